The molecule has 0 unspecified atom stereocenters. The summed E-state index contributed by atoms with van der Waals surface area (Å²) < 4.78 is 0. The van der Waals surface area contributed by atoms with E-state index in [0.717, 1.165) is 25.7 Å². The van der Waals surface area contributed by atoms with E-state index >= 15 is 0 Å². The Morgan fingerprint density at radius 2 is 1.05 bits per heavy atom. The zero-order chi connectivity index (χ0) is 16.7. The van der Waals surface area contributed by atoms with Gasteiger partial charge in [-0.05, 0) is 73.0 Å². The van der Waals surface area contributed by atoms with Crippen molar-refractivity contribution in [2.75, 3.05) is 0 Å². The molecule has 130 valence electrons. The van der Waals surface area contributed by atoms with E-state index < -0.39 is 0 Å². The average molecular weight is 311 g/mol. The Kier molecular flexibility index (Phi) is 5.34. The van der Waals surface area contributed by atoms with Crippen molar-refractivity contribution in [2.45, 2.75) is 92.3 Å². The monoisotopic (exact) mass is 310 g/mol. The van der Waals surface area contributed by atoms with Gasteiger partial charge in [-0.2, -0.15) is 0 Å². The largest absolute Gasteiger partial charge is 0.393 e. The van der Waals surface area contributed by atoms with E-state index in [1.54, 1.807) is 0 Å². The molecule has 6 atom stereocenters. The fourth-order valence-electron chi connectivity index (χ4n) is 5.44. The van der Waals surface area contributed by atoms with Crippen LogP contribution in [0.25, 0.3) is 0 Å². The maximum atomic E-state index is 10.7. The second kappa shape index (κ2) is 6.43. The maximum Gasteiger partial charge on any atom is 0.0576 e. The molecule has 0 aromatic carbocycles. The van der Waals surface area contributed by atoms with Crippen LogP contribution in [0.15, 0.2) is 0 Å². The van der Waals surface area contributed by atoms with Crippen LogP contribution >= 0.6 is 0 Å². The fraction of sp³-hybridized carbons (Fsp3) is 1.00. The van der Waals surface area contributed by atoms with E-state index in [1.165, 1.54) is 12.8 Å². The normalized spacial score (nSPS) is 47.2. The third-order valence-electron chi connectivity index (χ3n) is 7.54. The van der Waals surface area contributed by atoms with Crippen molar-refractivity contribution in [2.24, 2.45) is 34.5 Å². The number of hydrogen-bond acceptors (Lipinski definition) is 2. The number of hydrogen-bond donors (Lipinski definition) is 2. The van der Waals surface area contributed by atoms with Crippen LogP contribution in [-0.4, -0.2) is 22.4 Å². The Morgan fingerprint density at radius 3 is 1.27 bits per heavy atom. The zero-order valence-electron chi connectivity index (χ0n) is 15.6. The van der Waals surface area contributed by atoms with Gasteiger partial charge in [0.15, 0.2) is 0 Å². The topological polar surface area (TPSA) is 40.5 Å². The van der Waals surface area contributed by atoms with Crippen molar-refractivity contribution in [3.05, 3.63) is 0 Å². The first-order chi connectivity index (χ1) is 10.1. The minimum Gasteiger partial charge on any atom is -0.393 e. The molecule has 2 aliphatic carbocycles. The smallest absolute Gasteiger partial charge is 0.0576 e. The number of aliphatic hydroxyl groups excluding tert-OH is 2. The summed E-state index contributed by atoms with van der Waals surface area (Å²) in [5, 5.41) is 21.3. The fourth-order valence-corrected chi connectivity index (χ4v) is 5.44. The summed E-state index contributed by atoms with van der Waals surface area (Å²) in [7, 11) is 0. The predicted octanol–water partition coefficient (Wildman–Crippen LogP) is 4.63. The van der Waals surface area contributed by atoms with Crippen LogP contribution in [0, 0.1) is 34.5 Å². The highest BCUT2D eigenvalue weighted by atomic mass is 16.3. The van der Waals surface area contributed by atoms with Gasteiger partial charge in [-0.3, -0.25) is 0 Å². The summed E-state index contributed by atoms with van der Waals surface area (Å²) >= 11 is 0. The van der Waals surface area contributed by atoms with Gasteiger partial charge < -0.3 is 10.2 Å². The van der Waals surface area contributed by atoms with E-state index in [4.69, 9.17) is 0 Å². The Bertz CT molecular complexity index is 342. The van der Waals surface area contributed by atoms with Gasteiger partial charge >= 0.3 is 0 Å². The molecule has 2 N–H and O–H groups in total. The molecule has 0 aromatic rings. The minimum atomic E-state index is -0.171. The molecule has 0 spiro atoms. The summed E-state index contributed by atoms with van der Waals surface area (Å²) in [5.41, 5.74) is 0.335. The van der Waals surface area contributed by atoms with Crippen LogP contribution < -0.4 is 0 Å². The molecule has 22 heavy (non-hydrogen) atoms. The van der Waals surface area contributed by atoms with Crippen LogP contribution in [0.3, 0.4) is 0 Å². The van der Waals surface area contributed by atoms with Crippen molar-refractivity contribution in [1.29, 1.82) is 0 Å². The molecule has 0 radical (unpaired) electrons. The molecule has 2 aliphatic rings. The van der Waals surface area contributed by atoms with Gasteiger partial charge in [0.05, 0.1) is 12.2 Å². The molecule has 2 saturated carbocycles. The Morgan fingerprint density at radius 1 is 0.727 bits per heavy atom. The van der Waals surface area contributed by atoms with Gasteiger partial charge in [-0.25, -0.2) is 0 Å². The van der Waals surface area contributed by atoms with Crippen LogP contribution in [0.1, 0.15) is 80.1 Å². The van der Waals surface area contributed by atoms with Crippen molar-refractivity contribution < 1.29 is 10.2 Å². The SMILES string of the molecule is CC(C)[C@H]1CC[C@](C)([C@]2(C)CC[C@H](C(C)C)[C@@H](O)C2)C[C@@H]1O. The molecule has 0 bridgehead atoms. The summed E-state index contributed by atoms with van der Waals surface area (Å²) in [6, 6.07) is 0. The van der Waals surface area contributed by atoms with Gasteiger partial charge in [0.1, 0.15) is 0 Å². The third kappa shape index (κ3) is 3.24. The Labute approximate surface area is 137 Å². The minimum absolute atomic E-state index is 0.167. The highest BCUT2D eigenvalue weighted by Crippen LogP contribution is 2.58. The van der Waals surface area contributed by atoms with Crippen LogP contribution in [-0.2, 0) is 0 Å². The van der Waals surface area contributed by atoms with Crippen LogP contribution in [0.4, 0.5) is 0 Å². The second-order valence-electron chi connectivity index (χ2n) is 9.56. The van der Waals surface area contributed by atoms with Crippen molar-refractivity contribution in [3.63, 3.8) is 0 Å². The summed E-state index contributed by atoms with van der Waals surface area (Å²) in [6.45, 7) is 13.7. The molecule has 0 aliphatic heterocycles. The zero-order valence-corrected chi connectivity index (χ0v) is 15.6. The predicted molar refractivity (Wildman–Crippen MR) is 92.6 cm³/mol. The molecular weight excluding hydrogens is 272 g/mol. The molecule has 2 fully saturated rings. The van der Waals surface area contributed by atoms with E-state index in [0.29, 0.717) is 23.7 Å². The molecule has 0 aromatic heterocycles. The maximum absolute atomic E-state index is 10.7. The molecule has 2 nitrogen and oxygen atoms in total. The lowest BCUT2D eigenvalue weighted by molar-refractivity contribution is -0.115. The van der Waals surface area contributed by atoms with Crippen molar-refractivity contribution >= 4 is 0 Å². The molecule has 0 saturated heterocycles. The van der Waals surface area contributed by atoms with Gasteiger partial charge in [0.2, 0.25) is 0 Å². The lowest BCUT2D eigenvalue weighted by atomic mass is 9.50. The van der Waals surface area contributed by atoms with Gasteiger partial charge in [-0.15, -0.1) is 0 Å². The summed E-state index contributed by atoms with van der Waals surface area (Å²) in [5.74, 6) is 2.03. The number of aliphatic hydroxyl groups is 2. The first-order valence-electron chi connectivity index (χ1n) is 9.46. The lowest BCUT2D eigenvalue weighted by Crippen LogP contribution is -2.51. The molecule has 0 amide bonds. The van der Waals surface area contributed by atoms with Crippen LogP contribution in [0.5, 0.6) is 0 Å². The molecular formula is C20H38O2. The highest BCUT2D eigenvalue weighted by Gasteiger charge is 2.52. The van der Waals surface area contributed by atoms with Gasteiger partial charge in [-0.1, -0.05) is 41.5 Å². The van der Waals surface area contributed by atoms with Gasteiger partial charge in [0.25, 0.3) is 0 Å². The first kappa shape index (κ1) is 18.3. The lowest BCUT2D eigenvalue weighted by Gasteiger charge is -2.56. The third-order valence-corrected chi connectivity index (χ3v) is 7.54. The Hall–Kier alpha value is -0.0800. The second-order valence-corrected chi connectivity index (χ2v) is 9.56. The molecule has 0 heterocycles. The summed E-state index contributed by atoms with van der Waals surface area (Å²) in [6.07, 6.45) is 6.14. The average Bonchev–Trinajstić information content (AvgIpc) is 2.37. The number of rotatable bonds is 3. The highest BCUT2D eigenvalue weighted by molar-refractivity contribution is 5.02. The quantitative estimate of drug-likeness (QED) is 0.797. The molecule has 2 heteroatoms. The Balaban J connectivity index is 2.10. The van der Waals surface area contributed by atoms with E-state index in [1.807, 2.05) is 0 Å². The molecule has 2 rings (SSSR count). The van der Waals surface area contributed by atoms with Crippen LogP contribution in [0.2, 0.25) is 0 Å². The van der Waals surface area contributed by atoms with Crippen molar-refractivity contribution in [1.82, 2.24) is 0 Å². The van der Waals surface area contributed by atoms with E-state index in [9.17, 15) is 10.2 Å². The first-order valence-corrected chi connectivity index (χ1v) is 9.46. The summed E-state index contributed by atoms with van der Waals surface area (Å²) in [4.78, 5) is 0. The van der Waals surface area contributed by atoms with Gasteiger partial charge in [0, 0.05) is 0 Å². The van der Waals surface area contributed by atoms with E-state index in [-0.39, 0.29) is 23.0 Å². The van der Waals surface area contributed by atoms with Crippen molar-refractivity contribution in [3.8, 4) is 0 Å². The van der Waals surface area contributed by atoms with E-state index in [2.05, 4.69) is 41.5 Å². The standard InChI is InChI=1S/C20H38O2/c1-13(2)15-7-9-19(5,11-17(15)21)20(6)10-8-16(14(3)4)18(22)12-20/h13-18,21-22H,7-12H2,1-6H3/t15-,16-,17+,18+,19-,20+/m1/s1.